The molecule has 0 aliphatic heterocycles. The number of methoxy groups -OCH3 is 2. The van der Waals surface area contributed by atoms with Gasteiger partial charge < -0.3 is 15.2 Å². The highest BCUT2D eigenvalue weighted by atomic mass is 19.1. The third-order valence-electron chi connectivity index (χ3n) is 3.14. The summed E-state index contributed by atoms with van der Waals surface area (Å²) in [4.78, 5) is 0. The van der Waals surface area contributed by atoms with Crippen molar-refractivity contribution in [2.45, 2.75) is 6.04 Å². The predicted octanol–water partition coefficient (Wildman–Crippen LogP) is 3.17. The van der Waals surface area contributed by atoms with Crippen LogP contribution in [0.4, 0.5) is 13.2 Å². The zero-order valence-electron chi connectivity index (χ0n) is 11.5. The summed E-state index contributed by atoms with van der Waals surface area (Å²) in [6.07, 6.45) is 0. The smallest absolute Gasteiger partial charge is 0.163 e. The average molecular weight is 297 g/mol. The SMILES string of the molecule is COc1cc(F)c(C(N)c2ccc(F)cc2F)cc1OC. The zero-order chi connectivity index (χ0) is 15.6. The van der Waals surface area contributed by atoms with Crippen LogP contribution in [0.5, 0.6) is 11.5 Å². The first-order valence-corrected chi connectivity index (χ1v) is 6.10. The molecule has 0 spiro atoms. The van der Waals surface area contributed by atoms with Crippen LogP contribution >= 0.6 is 0 Å². The molecule has 3 nitrogen and oxygen atoms in total. The Morgan fingerprint density at radius 3 is 2.00 bits per heavy atom. The lowest BCUT2D eigenvalue weighted by Gasteiger charge is -2.17. The van der Waals surface area contributed by atoms with Crippen molar-refractivity contribution in [1.82, 2.24) is 0 Å². The molecule has 21 heavy (non-hydrogen) atoms. The molecule has 0 aromatic heterocycles. The lowest BCUT2D eigenvalue weighted by Crippen LogP contribution is -2.16. The maximum Gasteiger partial charge on any atom is 0.163 e. The number of nitrogens with two attached hydrogens (primary N) is 1. The molecule has 2 aromatic carbocycles. The van der Waals surface area contributed by atoms with Gasteiger partial charge >= 0.3 is 0 Å². The molecule has 6 heteroatoms. The highest BCUT2D eigenvalue weighted by Crippen LogP contribution is 2.34. The summed E-state index contributed by atoms with van der Waals surface area (Å²) in [6.45, 7) is 0. The van der Waals surface area contributed by atoms with Gasteiger partial charge in [-0.3, -0.25) is 0 Å². The molecule has 2 aromatic rings. The summed E-state index contributed by atoms with van der Waals surface area (Å²) >= 11 is 0. The van der Waals surface area contributed by atoms with E-state index >= 15 is 0 Å². The van der Waals surface area contributed by atoms with Crippen molar-refractivity contribution >= 4 is 0 Å². The second-order valence-corrected chi connectivity index (χ2v) is 4.37. The van der Waals surface area contributed by atoms with Crippen LogP contribution in [0, 0.1) is 17.5 Å². The number of halogens is 3. The summed E-state index contributed by atoms with van der Waals surface area (Å²) < 4.78 is 50.8. The van der Waals surface area contributed by atoms with Crippen molar-refractivity contribution in [3.8, 4) is 11.5 Å². The minimum atomic E-state index is -1.09. The molecule has 0 bridgehead atoms. The van der Waals surface area contributed by atoms with E-state index in [4.69, 9.17) is 15.2 Å². The minimum absolute atomic E-state index is 0.0116. The number of hydrogen-bond donors (Lipinski definition) is 1. The van der Waals surface area contributed by atoms with Gasteiger partial charge in [-0.25, -0.2) is 13.2 Å². The maximum absolute atomic E-state index is 14.1. The largest absolute Gasteiger partial charge is 0.493 e. The highest BCUT2D eigenvalue weighted by molar-refractivity contribution is 5.46. The molecule has 0 saturated carbocycles. The number of rotatable bonds is 4. The molecular weight excluding hydrogens is 283 g/mol. The first kappa shape index (κ1) is 15.2. The molecule has 0 heterocycles. The molecule has 2 N–H and O–H groups in total. The normalized spacial score (nSPS) is 12.1. The van der Waals surface area contributed by atoms with Crippen LogP contribution in [0.3, 0.4) is 0 Å². The van der Waals surface area contributed by atoms with Crippen molar-refractivity contribution < 1.29 is 22.6 Å². The lowest BCUT2D eigenvalue weighted by molar-refractivity contribution is 0.351. The summed E-state index contributed by atoms with van der Waals surface area (Å²) in [5, 5.41) is 0. The minimum Gasteiger partial charge on any atom is -0.493 e. The fraction of sp³-hybridized carbons (Fsp3) is 0.200. The van der Waals surface area contributed by atoms with Crippen molar-refractivity contribution in [2.75, 3.05) is 14.2 Å². The third kappa shape index (κ3) is 2.95. The van der Waals surface area contributed by atoms with E-state index < -0.39 is 23.5 Å². The fourth-order valence-corrected chi connectivity index (χ4v) is 2.03. The first-order chi connectivity index (χ1) is 9.97. The molecular formula is C15H14F3NO2. The highest BCUT2D eigenvalue weighted by Gasteiger charge is 2.20. The van der Waals surface area contributed by atoms with Gasteiger partial charge in [0.25, 0.3) is 0 Å². The summed E-state index contributed by atoms with van der Waals surface area (Å²) in [6, 6.07) is 4.30. The van der Waals surface area contributed by atoms with Crippen LogP contribution < -0.4 is 15.2 Å². The Balaban J connectivity index is 2.50. The van der Waals surface area contributed by atoms with Crippen molar-refractivity contribution in [3.63, 3.8) is 0 Å². The molecule has 0 saturated heterocycles. The van der Waals surface area contributed by atoms with E-state index in [-0.39, 0.29) is 22.6 Å². The van der Waals surface area contributed by atoms with E-state index in [0.29, 0.717) is 6.07 Å². The zero-order valence-corrected chi connectivity index (χ0v) is 11.5. The molecule has 0 aliphatic rings. The third-order valence-corrected chi connectivity index (χ3v) is 3.14. The van der Waals surface area contributed by atoms with Gasteiger partial charge in [0, 0.05) is 23.3 Å². The quantitative estimate of drug-likeness (QED) is 0.942. The van der Waals surface area contributed by atoms with Crippen molar-refractivity contribution in [1.29, 1.82) is 0 Å². The van der Waals surface area contributed by atoms with Gasteiger partial charge in [-0.2, -0.15) is 0 Å². The van der Waals surface area contributed by atoms with Crippen LogP contribution in [0.15, 0.2) is 30.3 Å². The van der Waals surface area contributed by atoms with Crippen LogP contribution in [-0.4, -0.2) is 14.2 Å². The Morgan fingerprint density at radius 2 is 1.43 bits per heavy atom. The Kier molecular flexibility index (Phi) is 4.37. The Labute approximate surface area is 120 Å². The molecule has 2 rings (SSSR count). The summed E-state index contributed by atoms with van der Waals surface area (Å²) in [5.41, 5.74) is 5.90. The van der Waals surface area contributed by atoms with Gasteiger partial charge in [-0.05, 0) is 12.1 Å². The summed E-state index contributed by atoms with van der Waals surface area (Å²) in [5.74, 6) is -1.76. The van der Waals surface area contributed by atoms with E-state index in [1.165, 1.54) is 26.4 Å². The van der Waals surface area contributed by atoms with Crippen molar-refractivity contribution in [2.24, 2.45) is 5.73 Å². The van der Waals surface area contributed by atoms with Gasteiger partial charge in [-0.15, -0.1) is 0 Å². The Morgan fingerprint density at radius 1 is 0.857 bits per heavy atom. The van der Waals surface area contributed by atoms with Crippen LogP contribution in [-0.2, 0) is 0 Å². The van der Waals surface area contributed by atoms with Gasteiger partial charge in [-0.1, -0.05) is 6.07 Å². The number of ether oxygens (including phenoxy) is 2. The topological polar surface area (TPSA) is 44.5 Å². The van der Waals surface area contributed by atoms with Gasteiger partial charge in [0.1, 0.15) is 17.5 Å². The molecule has 0 amide bonds. The Bertz CT molecular complexity index is 662. The van der Waals surface area contributed by atoms with Crippen LogP contribution in [0.1, 0.15) is 17.2 Å². The molecule has 1 unspecified atom stereocenters. The lowest BCUT2D eigenvalue weighted by atomic mass is 9.98. The van der Waals surface area contributed by atoms with Gasteiger partial charge in [0.15, 0.2) is 11.5 Å². The number of hydrogen-bond acceptors (Lipinski definition) is 3. The van der Waals surface area contributed by atoms with E-state index in [9.17, 15) is 13.2 Å². The molecule has 0 aliphatic carbocycles. The number of benzene rings is 2. The average Bonchev–Trinajstić information content (AvgIpc) is 2.46. The Hall–Kier alpha value is -2.21. The molecule has 1 atom stereocenters. The fourth-order valence-electron chi connectivity index (χ4n) is 2.03. The van der Waals surface area contributed by atoms with Crippen molar-refractivity contribution in [3.05, 3.63) is 58.9 Å². The van der Waals surface area contributed by atoms with E-state index in [2.05, 4.69) is 0 Å². The maximum atomic E-state index is 14.1. The van der Waals surface area contributed by atoms with E-state index in [0.717, 1.165) is 12.1 Å². The van der Waals surface area contributed by atoms with E-state index in [1.807, 2.05) is 0 Å². The summed E-state index contributed by atoms with van der Waals surface area (Å²) in [7, 11) is 2.76. The standard InChI is InChI=1S/C15H14F3NO2/c1-20-13-6-10(12(18)7-14(13)21-2)15(19)9-4-3-8(16)5-11(9)17/h3-7,15H,19H2,1-2H3. The van der Waals surface area contributed by atoms with Crippen LogP contribution in [0.2, 0.25) is 0 Å². The molecule has 112 valence electrons. The second-order valence-electron chi connectivity index (χ2n) is 4.37. The first-order valence-electron chi connectivity index (χ1n) is 6.10. The van der Waals surface area contributed by atoms with Crippen LogP contribution in [0.25, 0.3) is 0 Å². The van der Waals surface area contributed by atoms with Gasteiger partial charge in [0.05, 0.1) is 20.3 Å². The second kappa shape index (κ2) is 6.05. The van der Waals surface area contributed by atoms with E-state index in [1.54, 1.807) is 0 Å². The molecule has 0 fully saturated rings. The monoisotopic (exact) mass is 297 g/mol. The molecule has 0 radical (unpaired) electrons. The predicted molar refractivity (Wildman–Crippen MR) is 71.9 cm³/mol. The van der Waals surface area contributed by atoms with Gasteiger partial charge in [0.2, 0.25) is 0 Å².